The van der Waals surface area contributed by atoms with Crippen LogP contribution in [0.1, 0.15) is 48.4 Å². The first-order valence-corrected chi connectivity index (χ1v) is 8.48. The van der Waals surface area contributed by atoms with E-state index in [0.717, 1.165) is 24.8 Å². The Balaban J connectivity index is 1.80. The Kier molecular flexibility index (Phi) is 5.11. The molecule has 132 valence electrons. The van der Waals surface area contributed by atoms with Crippen molar-refractivity contribution in [1.82, 2.24) is 15.0 Å². The van der Waals surface area contributed by atoms with Gasteiger partial charge in [0, 0.05) is 37.1 Å². The quantitative estimate of drug-likeness (QED) is 0.896. The van der Waals surface area contributed by atoms with Gasteiger partial charge in [0.1, 0.15) is 0 Å². The van der Waals surface area contributed by atoms with Gasteiger partial charge in [-0.1, -0.05) is 17.3 Å². The summed E-state index contributed by atoms with van der Waals surface area (Å²) in [6, 6.07) is 7.13. The number of aromatic nitrogens is 2. The molecule has 1 aromatic carbocycles. The fraction of sp³-hybridized carbons (Fsp3) is 0.444. The van der Waals surface area contributed by atoms with Crippen molar-refractivity contribution in [1.29, 1.82) is 0 Å². The van der Waals surface area contributed by atoms with E-state index in [2.05, 4.69) is 10.1 Å². The van der Waals surface area contributed by atoms with Crippen LogP contribution in [0.15, 0.2) is 28.8 Å². The molecule has 1 saturated heterocycles. The molecule has 0 saturated carbocycles. The monoisotopic (exact) mass is 343 g/mol. The lowest BCUT2D eigenvalue weighted by atomic mass is 9.96. The minimum Gasteiger partial charge on any atom is -0.481 e. The lowest BCUT2D eigenvalue weighted by molar-refractivity contribution is -0.137. The largest absolute Gasteiger partial charge is 0.481 e. The molecule has 3 rings (SSSR count). The van der Waals surface area contributed by atoms with E-state index in [0.29, 0.717) is 30.2 Å². The molecule has 0 unspecified atom stereocenters. The third kappa shape index (κ3) is 4.04. The zero-order valence-corrected chi connectivity index (χ0v) is 14.1. The highest BCUT2D eigenvalue weighted by Gasteiger charge is 2.28. The van der Waals surface area contributed by atoms with Crippen LogP contribution in [0.4, 0.5) is 0 Å². The van der Waals surface area contributed by atoms with E-state index >= 15 is 0 Å². The van der Waals surface area contributed by atoms with Gasteiger partial charge in [-0.2, -0.15) is 4.98 Å². The molecule has 0 aliphatic carbocycles. The molecule has 2 heterocycles. The molecule has 1 fully saturated rings. The van der Waals surface area contributed by atoms with E-state index in [-0.39, 0.29) is 18.4 Å². The number of carbonyl (C=O) groups excluding carboxylic acids is 1. The minimum atomic E-state index is -0.826. The topological polar surface area (TPSA) is 96.5 Å². The van der Waals surface area contributed by atoms with Crippen molar-refractivity contribution in [3.63, 3.8) is 0 Å². The summed E-state index contributed by atoms with van der Waals surface area (Å²) in [5.41, 5.74) is 1.28. The molecule has 0 radical (unpaired) electrons. The van der Waals surface area contributed by atoms with Gasteiger partial charge in [0.15, 0.2) is 0 Å². The Hall–Kier alpha value is -2.70. The van der Waals surface area contributed by atoms with Crippen molar-refractivity contribution in [2.45, 2.75) is 45.1 Å². The van der Waals surface area contributed by atoms with Crippen molar-refractivity contribution in [2.24, 2.45) is 0 Å². The first-order chi connectivity index (χ1) is 12.0. The summed E-state index contributed by atoms with van der Waals surface area (Å²) in [6.07, 6.45) is 3.39. The second-order valence-electron chi connectivity index (χ2n) is 6.30. The summed E-state index contributed by atoms with van der Waals surface area (Å²) in [5.74, 6) is 0.0225. The number of hydrogen-bond acceptors (Lipinski definition) is 5. The van der Waals surface area contributed by atoms with Crippen molar-refractivity contribution >= 4 is 11.9 Å². The zero-order chi connectivity index (χ0) is 17.8. The summed E-state index contributed by atoms with van der Waals surface area (Å²) in [4.78, 5) is 29.8. The third-order valence-electron chi connectivity index (χ3n) is 4.47. The number of carboxylic acid groups (broad SMARTS) is 1. The number of aryl methyl sites for hydroxylation is 1. The molecule has 0 spiro atoms. The molecule has 1 N–H and O–H groups in total. The summed E-state index contributed by atoms with van der Waals surface area (Å²) in [7, 11) is 0. The standard InChI is InChI=1S/C18H21N3O4/c1-12-19-17(20-25-12)13-5-4-6-14(11-13)18(24)21-10-3-2-7-15(21)8-9-16(22)23/h4-6,11,15H,2-3,7-10H2,1H3,(H,22,23)/t15-/m1/s1. The van der Waals surface area contributed by atoms with E-state index in [1.807, 2.05) is 11.0 Å². The normalized spacial score (nSPS) is 17.5. The first kappa shape index (κ1) is 17.1. The van der Waals surface area contributed by atoms with Crippen LogP contribution in [0.2, 0.25) is 0 Å². The van der Waals surface area contributed by atoms with Crippen LogP contribution in [-0.2, 0) is 4.79 Å². The second kappa shape index (κ2) is 7.46. The average Bonchev–Trinajstić information content (AvgIpc) is 3.06. The molecular formula is C18H21N3O4. The maximum absolute atomic E-state index is 13.0. The summed E-state index contributed by atoms with van der Waals surface area (Å²) < 4.78 is 4.99. The highest BCUT2D eigenvalue weighted by atomic mass is 16.5. The molecule has 1 aliphatic heterocycles. The molecular weight excluding hydrogens is 322 g/mol. The van der Waals surface area contributed by atoms with Crippen LogP contribution in [-0.4, -0.2) is 44.6 Å². The average molecular weight is 343 g/mol. The molecule has 1 amide bonds. The minimum absolute atomic E-state index is 0.0200. The summed E-state index contributed by atoms with van der Waals surface area (Å²) in [6.45, 7) is 2.38. The van der Waals surface area contributed by atoms with E-state index in [4.69, 9.17) is 9.63 Å². The van der Waals surface area contributed by atoms with Crippen LogP contribution in [0.5, 0.6) is 0 Å². The molecule has 2 aromatic rings. The van der Waals surface area contributed by atoms with Crippen LogP contribution in [0.3, 0.4) is 0 Å². The van der Waals surface area contributed by atoms with Crippen LogP contribution < -0.4 is 0 Å². The van der Waals surface area contributed by atoms with Gasteiger partial charge in [-0.3, -0.25) is 9.59 Å². The van der Waals surface area contributed by atoms with Gasteiger partial charge in [-0.25, -0.2) is 0 Å². The van der Waals surface area contributed by atoms with Crippen LogP contribution >= 0.6 is 0 Å². The van der Waals surface area contributed by atoms with Gasteiger partial charge >= 0.3 is 5.97 Å². The first-order valence-electron chi connectivity index (χ1n) is 8.48. The fourth-order valence-corrected chi connectivity index (χ4v) is 3.23. The molecule has 1 aliphatic rings. The highest BCUT2D eigenvalue weighted by molar-refractivity contribution is 5.95. The number of carbonyl (C=O) groups is 2. The van der Waals surface area contributed by atoms with Crippen molar-refractivity contribution in [3.05, 3.63) is 35.7 Å². The summed E-state index contributed by atoms with van der Waals surface area (Å²) in [5, 5.41) is 12.8. The van der Waals surface area contributed by atoms with Gasteiger partial charge in [0.05, 0.1) is 0 Å². The Morgan fingerprint density at radius 3 is 2.92 bits per heavy atom. The van der Waals surface area contributed by atoms with E-state index in [1.54, 1.807) is 25.1 Å². The molecule has 1 aromatic heterocycles. The van der Waals surface area contributed by atoms with Crippen molar-refractivity contribution < 1.29 is 19.2 Å². The molecule has 7 nitrogen and oxygen atoms in total. The Morgan fingerprint density at radius 1 is 1.36 bits per heavy atom. The number of amides is 1. The SMILES string of the molecule is Cc1nc(-c2cccc(C(=O)N3CCCC[C@@H]3CCC(=O)O)c2)no1. The maximum atomic E-state index is 13.0. The number of nitrogens with zero attached hydrogens (tertiary/aromatic N) is 3. The molecule has 1 atom stereocenters. The maximum Gasteiger partial charge on any atom is 0.303 e. The number of piperidine rings is 1. The predicted molar refractivity (Wildman–Crippen MR) is 90.0 cm³/mol. The Morgan fingerprint density at radius 2 is 2.20 bits per heavy atom. The zero-order valence-electron chi connectivity index (χ0n) is 14.1. The van der Waals surface area contributed by atoms with E-state index < -0.39 is 5.97 Å². The van der Waals surface area contributed by atoms with Gasteiger partial charge in [0.2, 0.25) is 11.7 Å². The second-order valence-corrected chi connectivity index (χ2v) is 6.30. The Bertz CT molecular complexity index is 771. The number of carboxylic acids is 1. The highest BCUT2D eigenvalue weighted by Crippen LogP contribution is 2.24. The van der Waals surface area contributed by atoms with Gasteiger partial charge in [-0.15, -0.1) is 0 Å². The van der Waals surface area contributed by atoms with Crippen molar-refractivity contribution in [3.8, 4) is 11.4 Å². The van der Waals surface area contributed by atoms with Gasteiger partial charge in [0.25, 0.3) is 5.91 Å². The van der Waals surface area contributed by atoms with E-state index in [1.165, 1.54) is 0 Å². The predicted octanol–water partition coefficient (Wildman–Crippen LogP) is 2.90. The smallest absolute Gasteiger partial charge is 0.303 e. The van der Waals surface area contributed by atoms with Crippen LogP contribution in [0.25, 0.3) is 11.4 Å². The van der Waals surface area contributed by atoms with E-state index in [9.17, 15) is 9.59 Å². The fourth-order valence-electron chi connectivity index (χ4n) is 3.23. The molecule has 7 heteroatoms. The lowest BCUT2D eigenvalue weighted by Crippen LogP contribution is -2.44. The number of likely N-dealkylation sites (tertiary alicyclic amines) is 1. The van der Waals surface area contributed by atoms with Crippen molar-refractivity contribution in [2.75, 3.05) is 6.54 Å². The Labute approximate surface area is 145 Å². The molecule has 0 bridgehead atoms. The summed E-state index contributed by atoms with van der Waals surface area (Å²) >= 11 is 0. The lowest BCUT2D eigenvalue weighted by Gasteiger charge is -2.35. The number of hydrogen-bond donors (Lipinski definition) is 1. The number of aliphatic carboxylic acids is 1. The number of benzene rings is 1. The van der Waals surface area contributed by atoms with Gasteiger partial charge < -0.3 is 14.5 Å². The number of rotatable bonds is 5. The molecule has 25 heavy (non-hydrogen) atoms. The van der Waals surface area contributed by atoms with Gasteiger partial charge in [-0.05, 0) is 37.8 Å². The third-order valence-corrected chi connectivity index (χ3v) is 4.47. The van der Waals surface area contributed by atoms with Crippen LogP contribution in [0, 0.1) is 6.92 Å².